The molecule has 3 aromatic rings. The lowest BCUT2D eigenvalue weighted by molar-refractivity contribution is -0.123. The van der Waals surface area contributed by atoms with Crippen molar-refractivity contribution >= 4 is 34.4 Å². The number of nitrogens with two attached hydrogens (primary N) is 1. The molecule has 1 fully saturated rings. The van der Waals surface area contributed by atoms with Crippen LogP contribution in [0.15, 0.2) is 30.6 Å². The van der Waals surface area contributed by atoms with Crippen LogP contribution in [0.5, 0.6) is 0 Å². The average molecular weight is 424 g/mol. The topological polar surface area (TPSA) is 124 Å². The van der Waals surface area contributed by atoms with Gasteiger partial charge in [0.25, 0.3) is 0 Å². The Morgan fingerprint density at radius 2 is 2.20 bits per heavy atom. The third-order valence-electron chi connectivity index (χ3n) is 5.66. The average Bonchev–Trinajstić information content (AvgIpc) is 3.19. The molecule has 9 heteroatoms. The van der Waals surface area contributed by atoms with Crippen LogP contribution >= 0.6 is 11.6 Å². The number of para-hydroxylation sites is 1. The Kier molecular flexibility index (Phi) is 5.57. The fraction of sp³-hybridized carbons (Fsp3) is 0.333. The van der Waals surface area contributed by atoms with Gasteiger partial charge < -0.3 is 16.0 Å². The summed E-state index contributed by atoms with van der Waals surface area (Å²) in [6.07, 6.45) is 5.12. The number of nitriles is 1. The summed E-state index contributed by atoms with van der Waals surface area (Å²) in [5.41, 5.74) is 8.17. The first-order valence-corrected chi connectivity index (χ1v) is 10.2. The first kappa shape index (κ1) is 20.1. The third kappa shape index (κ3) is 3.82. The lowest BCUT2D eigenvalue weighted by atomic mass is 10.0. The van der Waals surface area contributed by atoms with Crippen LogP contribution in [0.3, 0.4) is 0 Å². The van der Waals surface area contributed by atoms with Crippen molar-refractivity contribution in [1.82, 2.24) is 19.9 Å². The van der Waals surface area contributed by atoms with Gasteiger partial charge in [-0.3, -0.25) is 9.69 Å². The summed E-state index contributed by atoms with van der Waals surface area (Å²) in [4.78, 5) is 25.6. The number of hydrogen-bond donors (Lipinski definition) is 3. The predicted molar refractivity (Wildman–Crippen MR) is 116 cm³/mol. The van der Waals surface area contributed by atoms with Gasteiger partial charge in [0.15, 0.2) is 0 Å². The highest BCUT2D eigenvalue weighted by Crippen LogP contribution is 2.33. The number of fused-ring (bicyclic) bond motifs is 1. The molecule has 0 aliphatic carbocycles. The van der Waals surface area contributed by atoms with E-state index in [2.05, 4.69) is 31.2 Å². The number of piperidine rings is 1. The van der Waals surface area contributed by atoms with Gasteiger partial charge in [0.1, 0.15) is 6.07 Å². The summed E-state index contributed by atoms with van der Waals surface area (Å²) in [5.74, 6) is 0.201. The van der Waals surface area contributed by atoms with Gasteiger partial charge in [0.05, 0.1) is 34.0 Å². The molecule has 0 bridgehead atoms. The fourth-order valence-electron chi connectivity index (χ4n) is 3.86. The van der Waals surface area contributed by atoms with Crippen molar-refractivity contribution in [2.24, 2.45) is 5.73 Å². The monoisotopic (exact) mass is 423 g/mol. The Morgan fingerprint density at radius 3 is 2.90 bits per heavy atom. The maximum absolute atomic E-state index is 11.4. The van der Waals surface area contributed by atoms with E-state index in [1.54, 1.807) is 12.3 Å². The number of aromatic nitrogens is 3. The number of anilines is 1. The third-order valence-corrected chi connectivity index (χ3v) is 5.93. The van der Waals surface area contributed by atoms with Crippen LogP contribution in [-0.4, -0.2) is 50.9 Å². The van der Waals surface area contributed by atoms with Gasteiger partial charge in [-0.25, -0.2) is 9.97 Å². The maximum Gasteiger partial charge on any atom is 0.234 e. The predicted octanol–water partition coefficient (Wildman–Crippen LogP) is 2.90. The minimum absolute atomic E-state index is 0.198. The Balaban J connectivity index is 1.54. The van der Waals surface area contributed by atoms with Crippen LogP contribution in [-0.2, 0) is 4.79 Å². The van der Waals surface area contributed by atoms with Crippen molar-refractivity contribution in [3.05, 3.63) is 41.2 Å². The van der Waals surface area contributed by atoms with Crippen LogP contribution < -0.4 is 11.1 Å². The minimum atomic E-state index is -0.301. The van der Waals surface area contributed by atoms with Gasteiger partial charge in [0, 0.05) is 36.3 Å². The summed E-state index contributed by atoms with van der Waals surface area (Å²) in [7, 11) is 0. The normalized spacial score (nSPS) is 16.3. The molecule has 154 valence electrons. The quantitative estimate of drug-likeness (QED) is 0.579. The Labute approximate surface area is 179 Å². The first-order chi connectivity index (χ1) is 14.5. The van der Waals surface area contributed by atoms with Crippen molar-refractivity contribution in [1.29, 1.82) is 5.26 Å². The number of rotatable bonds is 5. The van der Waals surface area contributed by atoms with E-state index in [1.807, 2.05) is 25.3 Å². The Bertz CT molecular complexity index is 1130. The van der Waals surface area contributed by atoms with Crippen molar-refractivity contribution in [2.75, 3.05) is 18.4 Å². The molecule has 0 saturated carbocycles. The highest BCUT2D eigenvalue weighted by atomic mass is 35.5. The molecule has 1 aliphatic rings. The van der Waals surface area contributed by atoms with E-state index in [-0.39, 0.29) is 18.0 Å². The Hall–Kier alpha value is -3.15. The summed E-state index contributed by atoms with van der Waals surface area (Å²) in [6, 6.07) is 7.67. The second kappa shape index (κ2) is 8.30. The van der Waals surface area contributed by atoms with Crippen LogP contribution in [0.25, 0.3) is 22.2 Å². The van der Waals surface area contributed by atoms with E-state index in [1.165, 1.54) is 0 Å². The number of likely N-dealkylation sites (tertiary alicyclic amines) is 1. The number of hydrogen-bond acceptors (Lipinski definition) is 6. The van der Waals surface area contributed by atoms with Gasteiger partial charge in [0.2, 0.25) is 11.9 Å². The van der Waals surface area contributed by atoms with Gasteiger partial charge in [-0.1, -0.05) is 23.7 Å². The molecular formula is C21H22ClN7O. The van der Waals surface area contributed by atoms with E-state index < -0.39 is 0 Å². The standard InChI is InChI=1S/C21H22ClN7O/c1-12(20(24)30)29-7-5-14(6-8-29)27-21-26-11-17(22)19(28-21)16-10-25-18-13(9-23)3-2-4-15(16)18/h2-4,10-12,14,25H,5-8H2,1H3,(H2,24,30)(H,26,27,28). The van der Waals surface area contributed by atoms with Gasteiger partial charge >= 0.3 is 0 Å². The van der Waals surface area contributed by atoms with Crippen molar-refractivity contribution in [2.45, 2.75) is 31.8 Å². The first-order valence-electron chi connectivity index (χ1n) is 9.81. The summed E-state index contributed by atoms with van der Waals surface area (Å²) < 4.78 is 0. The molecule has 1 amide bonds. The number of amides is 1. The minimum Gasteiger partial charge on any atom is -0.368 e. The van der Waals surface area contributed by atoms with E-state index in [0.717, 1.165) is 42.4 Å². The smallest absolute Gasteiger partial charge is 0.234 e. The van der Waals surface area contributed by atoms with Crippen LogP contribution in [0.2, 0.25) is 5.02 Å². The summed E-state index contributed by atoms with van der Waals surface area (Å²) in [6.45, 7) is 3.40. The van der Waals surface area contributed by atoms with Crippen LogP contribution in [0.4, 0.5) is 5.95 Å². The number of carbonyl (C=O) groups excluding carboxylic acids is 1. The molecule has 8 nitrogen and oxygen atoms in total. The Morgan fingerprint density at radius 1 is 1.43 bits per heavy atom. The zero-order valence-electron chi connectivity index (χ0n) is 16.5. The van der Waals surface area contributed by atoms with E-state index in [0.29, 0.717) is 22.2 Å². The van der Waals surface area contributed by atoms with Crippen molar-refractivity contribution in [3.8, 4) is 17.3 Å². The molecule has 1 saturated heterocycles. The summed E-state index contributed by atoms with van der Waals surface area (Å²) >= 11 is 6.41. The lowest BCUT2D eigenvalue weighted by Crippen LogP contribution is -2.48. The molecule has 2 aromatic heterocycles. The fourth-order valence-corrected chi connectivity index (χ4v) is 4.06. The van der Waals surface area contributed by atoms with Crippen molar-refractivity contribution in [3.63, 3.8) is 0 Å². The second-order valence-electron chi connectivity index (χ2n) is 7.47. The SMILES string of the molecule is CC(C(N)=O)N1CCC(Nc2ncc(Cl)c(-c3c[nH]c4c(C#N)cccc34)n2)CC1. The molecule has 30 heavy (non-hydrogen) atoms. The molecule has 0 spiro atoms. The van der Waals surface area contributed by atoms with Crippen LogP contribution in [0.1, 0.15) is 25.3 Å². The lowest BCUT2D eigenvalue weighted by Gasteiger charge is -2.34. The van der Waals surface area contributed by atoms with E-state index >= 15 is 0 Å². The number of benzene rings is 1. The molecule has 3 heterocycles. The van der Waals surface area contributed by atoms with Gasteiger partial charge in [-0.05, 0) is 25.8 Å². The number of primary amides is 1. The highest BCUT2D eigenvalue weighted by Gasteiger charge is 2.26. The highest BCUT2D eigenvalue weighted by molar-refractivity contribution is 6.33. The number of carbonyl (C=O) groups is 1. The van der Waals surface area contributed by atoms with Crippen molar-refractivity contribution < 1.29 is 4.79 Å². The largest absolute Gasteiger partial charge is 0.368 e. The molecule has 1 atom stereocenters. The molecule has 1 unspecified atom stereocenters. The molecule has 1 aromatic carbocycles. The maximum atomic E-state index is 11.4. The van der Waals surface area contributed by atoms with Gasteiger partial charge in [-0.15, -0.1) is 0 Å². The number of nitrogens with zero attached hydrogens (tertiary/aromatic N) is 4. The zero-order chi connectivity index (χ0) is 21.3. The number of aromatic amines is 1. The molecular weight excluding hydrogens is 402 g/mol. The number of H-pyrrole nitrogens is 1. The molecule has 0 radical (unpaired) electrons. The molecule has 4 rings (SSSR count). The van der Waals surface area contributed by atoms with E-state index in [4.69, 9.17) is 17.3 Å². The second-order valence-corrected chi connectivity index (χ2v) is 7.87. The van der Waals surface area contributed by atoms with Gasteiger partial charge in [-0.2, -0.15) is 5.26 Å². The zero-order valence-corrected chi connectivity index (χ0v) is 17.3. The number of nitrogens with one attached hydrogen (secondary N) is 2. The summed E-state index contributed by atoms with van der Waals surface area (Å²) in [5, 5.41) is 14.0. The molecule has 4 N–H and O–H groups in total. The van der Waals surface area contributed by atoms with E-state index in [9.17, 15) is 10.1 Å². The molecule has 1 aliphatic heterocycles. The number of halogens is 1. The van der Waals surface area contributed by atoms with Crippen LogP contribution in [0, 0.1) is 11.3 Å².